The summed E-state index contributed by atoms with van der Waals surface area (Å²) in [6, 6.07) is 11.8. The van der Waals surface area contributed by atoms with Gasteiger partial charge in [0.2, 0.25) is 5.95 Å². The predicted octanol–water partition coefficient (Wildman–Crippen LogP) is 3.10. The lowest BCUT2D eigenvalue weighted by Crippen LogP contribution is -2.21. The molecule has 1 N–H and O–H groups in total. The fraction of sp³-hybridized carbons (Fsp3) is 0.190. The zero-order valence-corrected chi connectivity index (χ0v) is 17.3. The van der Waals surface area contributed by atoms with Crippen molar-refractivity contribution in [3.8, 4) is 17.2 Å². The van der Waals surface area contributed by atoms with Gasteiger partial charge in [-0.3, -0.25) is 0 Å². The first-order valence-corrected chi connectivity index (χ1v) is 10.2. The van der Waals surface area contributed by atoms with Crippen LogP contribution in [-0.4, -0.2) is 48.2 Å². The molecular weight excluding hydrogens is 453 g/mol. The Hall–Kier alpha value is -4.42. The smallest absolute Gasteiger partial charge is 0.453 e. The average Bonchev–Trinajstić information content (AvgIpc) is 3.53. The number of allylic oxidation sites excluding steroid dienone is 1. The molecule has 2 aromatic carbocycles. The maximum absolute atomic E-state index is 13.4. The molecule has 0 amide bonds. The predicted molar refractivity (Wildman–Crippen MR) is 111 cm³/mol. The number of ether oxygens (including phenoxy) is 2. The Kier molecular flexibility index (Phi) is 4.50. The van der Waals surface area contributed by atoms with Gasteiger partial charge in [-0.25, -0.2) is 9.36 Å². The van der Waals surface area contributed by atoms with Gasteiger partial charge in [0.15, 0.2) is 11.5 Å². The lowest BCUT2D eigenvalue weighted by atomic mass is 10.0. The number of benzene rings is 2. The molecule has 0 bridgehead atoms. The van der Waals surface area contributed by atoms with E-state index in [0.717, 1.165) is 0 Å². The van der Waals surface area contributed by atoms with Crippen molar-refractivity contribution in [1.82, 2.24) is 35.0 Å². The maximum atomic E-state index is 13.4. The van der Waals surface area contributed by atoms with Gasteiger partial charge in [-0.15, -0.1) is 10.2 Å². The number of nitrogens with one attached hydrogen (secondary N) is 1. The van der Waals surface area contributed by atoms with Crippen molar-refractivity contribution in [2.45, 2.75) is 12.2 Å². The number of tetrazole rings is 1. The second-order valence-electron chi connectivity index (χ2n) is 7.56. The summed E-state index contributed by atoms with van der Waals surface area (Å²) in [4.78, 5) is 3.71. The van der Waals surface area contributed by atoms with E-state index in [1.54, 1.807) is 30.3 Å². The normalized spacial score (nSPS) is 17.0. The van der Waals surface area contributed by atoms with Gasteiger partial charge in [-0.1, -0.05) is 18.2 Å². The summed E-state index contributed by atoms with van der Waals surface area (Å²) in [6.45, 7) is 0.823. The third-order valence-corrected chi connectivity index (χ3v) is 5.40. The first kappa shape index (κ1) is 20.2. The van der Waals surface area contributed by atoms with Crippen LogP contribution in [0.4, 0.5) is 19.1 Å². The zero-order valence-electron chi connectivity index (χ0n) is 17.3. The molecule has 0 aliphatic carbocycles. The van der Waals surface area contributed by atoms with Crippen molar-refractivity contribution in [3.63, 3.8) is 0 Å². The van der Waals surface area contributed by atoms with Gasteiger partial charge in [-0.05, 0) is 51.9 Å². The average molecular weight is 468 g/mol. The second-order valence-corrected chi connectivity index (χ2v) is 7.56. The number of aromatic nitrogens is 7. The van der Waals surface area contributed by atoms with E-state index in [1.165, 1.54) is 15.7 Å². The number of alkyl halides is 3. The molecule has 13 heteroatoms. The van der Waals surface area contributed by atoms with E-state index in [2.05, 4.69) is 30.9 Å². The number of anilines is 1. The number of nitrogens with zero attached hydrogens (tertiary/aromatic N) is 7. The minimum absolute atomic E-state index is 0.0301. The second kappa shape index (κ2) is 7.57. The van der Waals surface area contributed by atoms with Crippen molar-refractivity contribution in [3.05, 3.63) is 71.8 Å². The summed E-state index contributed by atoms with van der Waals surface area (Å²) in [6.07, 6.45) is -1.46. The number of rotatable bonds is 3. The Balaban J connectivity index is 1.46. The Morgan fingerprint density at radius 2 is 1.88 bits per heavy atom. The van der Waals surface area contributed by atoms with Crippen molar-refractivity contribution in [2.24, 2.45) is 0 Å². The van der Waals surface area contributed by atoms with E-state index in [-0.39, 0.29) is 5.95 Å². The molecular formula is C21H15F3N8O2. The fourth-order valence-corrected chi connectivity index (χ4v) is 3.86. The Labute approximate surface area is 189 Å². The van der Waals surface area contributed by atoms with Crippen LogP contribution < -0.4 is 14.8 Å². The van der Waals surface area contributed by atoms with Gasteiger partial charge < -0.3 is 14.8 Å². The summed E-state index contributed by atoms with van der Waals surface area (Å²) in [7, 11) is 0. The van der Waals surface area contributed by atoms with Gasteiger partial charge in [-0.2, -0.15) is 18.2 Å². The van der Waals surface area contributed by atoms with Crippen molar-refractivity contribution < 1.29 is 22.6 Å². The molecule has 2 aliphatic rings. The summed E-state index contributed by atoms with van der Waals surface area (Å²) in [5, 5.41) is 17.9. The Bertz CT molecular complexity index is 1400. The molecule has 34 heavy (non-hydrogen) atoms. The molecule has 6 rings (SSSR count). The van der Waals surface area contributed by atoms with Crippen LogP contribution in [0.5, 0.6) is 11.5 Å². The molecule has 172 valence electrons. The number of halogens is 3. The summed E-state index contributed by atoms with van der Waals surface area (Å²) in [5.74, 6) is -0.153. The van der Waals surface area contributed by atoms with E-state index >= 15 is 0 Å². The lowest BCUT2D eigenvalue weighted by molar-refractivity contribution is -0.145. The molecule has 0 radical (unpaired) electrons. The number of hydrogen-bond acceptors (Lipinski definition) is 8. The highest BCUT2D eigenvalue weighted by Crippen LogP contribution is 2.39. The lowest BCUT2D eigenvalue weighted by Gasteiger charge is -2.26. The van der Waals surface area contributed by atoms with Gasteiger partial charge in [0.05, 0.1) is 5.69 Å². The molecule has 0 saturated heterocycles. The highest BCUT2D eigenvalue weighted by atomic mass is 19.4. The molecule has 0 spiro atoms. The summed E-state index contributed by atoms with van der Waals surface area (Å²) < 4.78 is 54.2. The van der Waals surface area contributed by atoms with Crippen LogP contribution in [0.25, 0.3) is 11.4 Å². The van der Waals surface area contributed by atoms with E-state index in [0.29, 0.717) is 47.2 Å². The number of fused-ring (bicyclic) bond motifs is 2. The minimum atomic E-state index is -4.69. The van der Waals surface area contributed by atoms with Crippen LogP contribution in [0.3, 0.4) is 0 Å². The fourth-order valence-electron chi connectivity index (χ4n) is 3.86. The van der Waals surface area contributed by atoms with Crippen LogP contribution in [0, 0.1) is 0 Å². The van der Waals surface area contributed by atoms with Crippen LogP contribution in [0.2, 0.25) is 0 Å². The van der Waals surface area contributed by atoms with Crippen LogP contribution >= 0.6 is 0 Å². The Morgan fingerprint density at radius 3 is 2.68 bits per heavy atom. The monoisotopic (exact) mass is 468 g/mol. The van der Waals surface area contributed by atoms with Gasteiger partial charge in [0.1, 0.15) is 25.6 Å². The van der Waals surface area contributed by atoms with Crippen molar-refractivity contribution >= 4 is 11.6 Å². The van der Waals surface area contributed by atoms with E-state index < -0.39 is 18.0 Å². The van der Waals surface area contributed by atoms with E-state index in [9.17, 15) is 13.2 Å². The maximum Gasteiger partial charge on any atom is 0.453 e. The quantitative estimate of drug-likeness (QED) is 0.489. The molecule has 1 atom stereocenters. The Morgan fingerprint density at radius 1 is 1.03 bits per heavy atom. The van der Waals surface area contributed by atoms with E-state index in [1.807, 2.05) is 18.2 Å². The third-order valence-electron chi connectivity index (χ3n) is 5.40. The molecule has 4 heterocycles. The standard InChI is InChI=1S/C21H15F3N8O2/c22-21(23,24)19-27-20-26-15(12-2-1-3-14(8-12)31-11-25-29-30-31)10-16(32(20)28-19)13-4-5-17-18(9-13)34-7-6-33-17/h1-5,8-11,16H,6-7H2,(H,26,27,28)/t16-/m0/s1. The molecule has 0 unspecified atom stereocenters. The largest absolute Gasteiger partial charge is 0.486 e. The summed E-state index contributed by atoms with van der Waals surface area (Å²) >= 11 is 0. The highest BCUT2D eigenvalue weighted by molar-refractivity contribution is 5.78. The SMILES string of the molecule is FC(F)(F)c1nc2n(n1)[C@H](c1ccc3c(c1)OCCO3)C=C(c1cccc(-n3cnnn3)c1)N2. The van der Waals surface area contributed by atoms with Gasteiger partial charge in [0, 0.05) is 5.70 Å². The van der Waals surface area contributed by atoms with Crippen molar-refractivity contribution in [2.75, 3.05) is 18.5 Å². The van der Waals surface area contributed by atoms with Crippen LogP contribution in [0.15, 0.2) is 54.9 Å². The highest BCUT2D eigenvalue weighted by Gasteiger charge is 2.39. The molecule has 2 aliphatic heterocycles. The first-order chi connectivity index (χ1) is 16.5. The van der Waals surface area contributed by atoms with Crippen LogP contribution in [-0.2, 0) is 6.18 Å². The van der Waals surface area contributed by atoms with Crippen LogP contribution in [0.1, 0.15) is 23.0 Å². The molecule has 0 fully saturated rings. The molecule has 10 nitrogen and oxygen atoms in total. The van der Waals surface area contributed by atoms with Gasteiger partial charge in [0.25, 0.3) is 5.82 Å². The van der Waals surface area contributed by atoms with Crippen molar-refractivity contribution in [1.29, 1.82) is 0 Å². The summed E-state index contributed by atoms with van der Waals surface area (Å²) in [5.41, 5.74) is 2.62. The number of hydrogen-bond donors (Lipinski definition) is 1. The van der Waals surface area contributed by atoms with Gasteiger partial charge >= 0.3 is 6.18 Å². The molecule has 2 aromatic heterocycles. The third kappa shape index (κ3) is 3.50. The molecule has 4 aromatic rings. The topological polar surface area (TPSA) is 105 Å². The van der Waals surface area contributed by atoms with E-state index in [4.69, 9.17) is 9.47 Å². The minimum Gasteiger partial charge on any atom is -0.486 e. The molecule has 0 saturated carbocycles. The zero-order chi connectivity index (χ0) is 23.3. The first-order valence-electron chi connectivity index (χ1n) is 10.2.